The Balaban J connectivity index is 3.04. The number of aromatic nitrogens is 2. The van der Waals surface area contributed by atoms with Crippen LogP contribution < -0.4 is 0 Å². The fourth-order valence-electron chi connectivity index (χ4n) is 0.360. The van der Waals surface area contributed by atoms with E-state index in [1.165, 1.54) is 12.5 Å². The zero-order valence-corrected chi connectivity index (χ0v) is 4.77. The van der Waals surface area contributed by atoms with Crippen molar-refractivity contribution in [3.8, 4) is 0 Å². The minimum atomic E-state index is 1.52. The maximum Gasteiger partial charge on any atom is 0.0917 e. The molecule has 0 aliphatic heterocycles. The number of hydrogen-bond donors (Lipinski definition) is 0. The summed E-state index contributed by atoms with van der Waals surface area (Å²) in [5.74, 6) is 0. The molecule has 0 saturated heterocycles. The van der Waals surface area contributed by atoms with Gasteiger partial charge in [0.15, 0.2) is 0 Å². The van der Waals surface area contributed by atoms with Gasteiger partial charge in [0.25, 0.3) is 0 Å². The van der Waals surface area contributed by atoms with E-state index >= 15 is 0 Å². The molecule has 0 aliphatic carbocycles. The molecule has 0 fully saturated rings. The summed E-state index contributed by atoms with van der Waals surface area (Å²) < 4.78 is 4.81. The summed E-state index contributed by atoms with van der Waals surface area (Å²) in [5, 5.41) is 7.23. The molecule has 0 spiro atoms. The van der Waals surface area contributed by atoms with Gasteiger partial charge in [-0.2, -0.15) is 10.2 Å². The standard InChI is InChI=1S/C6H6N2O/c1-3-7-8-4-2-6-9-5-1/h1-6H. The zero-order valence-electron chi connectivity index (χ0n) is 4.77. The Bertz CT molecular complexity index is 133. The quantitative estimate of drug-likeness (QED) is 0.519. The van der Waals surface area contributed by atoms with Crippen LogP contribution in [0.1, 0.15) is 0 Å². The van der Waals surface area contributed by atoms with E-state index in [-0.39, 0.29) is 0 Å². The first-order chi connectivity index (χ1) is 4.50. The lowest BCUT2D eigenvalue weighted by Crippen LogP contribution is -1.64. The molecule has 0 atom stereocenters. The smallest absolute Gasteiger partial charge is 0.0917 e. The SMILES string of the molecule is c1cnncccoc1. The van der Waals surface area contributed by atoms with Crippen LogP contribution in [0.2, 0.25) is 0 Å². The van der Waals surface area contributed by atoms with Crippen molar-refractivity contribution in [2.24, 2.45) is 0 Å². The van der Waals surface area contributed by atoms with Gasteiger partial charge in [0.2, 0.25) is 0 Å². The second-order valence-corrected chi connectivity index (χ2v) is 1.32. The van der Waals surface area contributed by atoms with Crippen molar-refractivity contribution >= 4 is 0 Å². The summed E-state index contributed by atoms with van der Waals surface area (Å²) in [7, 11) is 0. The molecular weight excluding hydrogens is 116 g/mol. The first-order valence-corrected chi connectivity index (χ1v) is 2.52. The van der Waals surface area contributed by atoms with Crippen molar-refractivity contribution in [2.75, 3.05) is 0 Å². The van der Waals surface area contributed by atoms with Crippen LogP contribution in [-0.4, -0.2) is 10.2 Å². The summed E-state index contributed by atoms with van der Waals surface area (Å²) in [5.41, 5.74) is 0. The topological polar surface area (TPSA) is 38.9 Å². The second-order valence-electron chi connectivity index (χ2n) is 1.32. The van der Waals surface area contributed by atoms with Crippen molar-refractivity contribution in [2.45, 2.75) is 0 Å². The highest BCUT2D eigenvalue weighted by atomic mass is 16.3. The third kappa shape index (κ3) is 2.43. The van der Waals surface area contributed by atoms with Crippen LogP contribution in [0, 0.1) is 0 Å². The minimum absolute atomic E-state index is 1.52. The molecule has 0 aromatic carbocycles. The highest BCUT2D eigenvalue weighted by molar-refractivity contribution is 4.72. The van der Waals surface area contributed by atoms with E-state index in [4.69, 9.17) is 4.42 Å². The molecular formula is C6H6N2O. The molecule has 3 heteroatoms. The molecule has 1 heterocycles. The van der Waals surface area contributed by atoms with Crippen LogP contribution in [0.5, 0.6) is 0 Å². The maximum atomic E-state index is 4.81. The minimum Gasteiger partial charge on any atom is -0.473 e. The van der Waals surface area contributed by atoms with Gasteiger partial charge >= 0.3 is 0 Å². The predicted octanol–water partition coefficient (Wildman–Crippen LogP) is 1.19. The van der Waals surface area contributed by atoms with Gasteiger partial charge < -0.3 is 4.42 Å². The number of hydrogen-bond acceptors (Lipinski definition) is 3. The van der Waals surface area contributed by atoms with Crippen LogP contribution >= 0.6 is 0 Å². The fraction of sp³-hybridized carbons (Fsp3) is 0. The van der Waals surface area contributed by atoms with Crippen molar-refractivity contribution in [3.63, 3.8) is 0 Å². The van der Waals surface area contributed by atoms with Gasteiger partial charge in [-0.1, -0.05) is 0 Å². The Morgan fingerprint density at radius 3 is 2.00 bits per heavy atom. The number of nitrogens with zero attached hydrogens (tertiary/aromatic N) is 2. The molecule has 1 rings (SSSR count). The first kappa shape index (κ1) is 5.75. The van der Waals surface area contributed by atoms with Crippen molar-refractivity contribution in [3.05, 3.63) is 37.1 Å². The van der Waals surface area contributed by atoms with E-state index in [9.17, 15) is 0 Å². The molecule has 0 bridgehead atoms. The summed E-state index contributed by atoms with van der Waals surface area (Å²) in [6, 6.07) is 3.32. The lowest BCUT2D eigenvalue weighted by molar-refractivity contribution is 0.554. The third-order valence-corrected chi connectivity index (χ3v) is 0.686. The number of rotatable bonds is 0. The van der Waals surface area contributed by atoms with Crippen molar-refractivity contribution in [1.82, 2.24) is 10.2 Å². The molecule has 0 N–H and O–H groups in total. The van der Waals surface area contributed by atoms with Gasteiger partial charge in [0, 0.05) is 0 Å². The van der Waals surface area contributed by atoms with Crippen LogP contribution in [0.4, 0.5) is 0 Å². The summed E-state index contributed by atoms with van der Waals surface area (Å²) in [4.78, 5) is 0. The van der Waals surface area contributed by atoms with Gasteiger partial charge in [-0.25, -0.2) is 0 Å². The van der Waals surface area contributed by atoms with Gasteiger partial charge in [-0.3, -0.25) is 0 Å². The Kier molecular flexibility index (Phi) is 2.30. The Morgan fingerprint density at radius 2 is 1.44 bits per heavy atom. The lowest BCUT2D eigenvalue weighted by atomic mass is 10.7. The Morgan fingerprint density at radius 1 is 0.889 bits per heavy atom. The molecule has 0 radical (unpaired) electrons. The molecule has 0 unspecified atom stereocenters. The Hall–Kier alpha value is -1.38. The summed E-state index contributed by atoms with van der Waals surface area (Å²) >= 11 is 0. The van der Waals surface area contributed by atoms with E-state index in [0.717, 1.165) is 0 Å². The van der Waals surface area contributed by atoms with E-state index in [2.05, 4.69) is 10.2 Å². The fourth-order valence-corrected chi connectivity index (χ4v) is 0.360. The van der Waals surface area contributed by atoms with Crippen LogP contribution in [0.3, 0.4) is 0 Å². The zero-order chi connectivity index (χ0) is 6.36. The average molecular weight is 122 g/mol. The molecule has 9 heavy (non-hydrogen) atoms. The van der Waals surface area contributed by atoms with Gasteiger partial charge in [0.1, 0.15) is 0 Å². The maximum absolute atomic E-state index is 4.81. The second kappa shape index (κ2) is 3.60. The van der Waals surface area contributed by atoms with E-state index in [1.54, 1.807) is 24.5 Å². The van der Waals surface area contributed by atoms with E-state index < -0.39 is 0 Å². The molecule has 0 amide bonds. The molecule has 0 aliphatic rings. The van der Waals surface area contributed by atoms with Gasteiger partial charge in [-0.05, 0) is 12.1 Å². The van der Waals surface area contributed by atoms with Crippen LogP contribution in [0.15, 0.2) is 41.5 Å². The Labute approximate surface area is 52.7 Å². The highest BCUT2D eigenvalue weighted by Gasteiger charge is 1.60. The molecule has 3 nitrogen and oxygen atoms in total. The van der Waals surface area contributed by atoms with Crippen LogP contribution in [-0.2, 0) is 0 Å². The molecule has 46 valence electrons. The molecule has 1 aromatic rings. The van der Waals surface area contributed by atoms with Crippen molar-refractivity contribution < 1.29 is 4.42 Å². The van der Waals surface area contributed by atoms with Crippen molar-refractivity contribution in [1.29, 1.82) is 0 Å². The lowest BCUT2D eigenvalue weighted by Gasteiger charge is -1.63. The molecule has 0 saturated carbocycles. The normalized spacial score (nSPS) is 8.00. The summed E-state index contributed by atoms with van der Waals surface area (Å²) in [6.45, 7) is 0. The van der Waals surface area contributed by atoms with E-state index in [0.29, 0.717) is 0 Å². The first-order valence-electron chi connectivity index (χ1n) is 2.52. The average Bonchev–Trinajstić information content (AvgIpc) is 2.00. The van der Waals surface area contributed by atoms with Gasteiger partial charge in [-0.15, -0.1) is 0 Å². The monoisotopic (exact) mass is 122 g/mol. The third-order valence-electron chi connectivity index (χ3n) is 0.686. The summed E-state index contributed by atoms with van der Waals surface area (Å²) in [6.07, 6.45) is 6.14. The highest BCUT2D eigenvalue weighted by Crippen LogP contribution is 1.73. The largest absolute Gasteiger partial charge is 0.473 e. The van der Waals surface area contributed by atoms with E-state index in [1.807, 2.05) is 0 Å². The molecule has 1 aromatic heterocycles. The van der Waals surface area contributed by atoms with Crippen LogP contribution in [0.25, 0.3) is 0 Å². The predicted molar refractivity (Wildman–Crippen MR) is 31.9 cm³/mol. The van der Waals surface area contributed by atoms with Gasteiger partial charge in [0.05, 0.1) is 24.9 Å².